The molecule has 2 amide bonds. The number of fused-ring (bicyclic) bond motifs is 2. The van der Waals surface area contributed by atoms with Gasteiger partial charge in [-0.2, -0.15) is 0 Å². The van der Waals surface area contributed by atoms with Gasteiger partial charge in [0.25, 0.3) is 5.91 Å². The van der Waals surface area contributed by atoms with Crippen LogP contribution in [0.2, 0.25) is 0 Å². The summed E-state index contributed by atoms with van der Waals surface area (Å²) in [5.41, 5.74) is 2.65. The summed E-state index contributed by atoms with van der Waals surface area (Å²) in [6, 6.07) is 8.69. The lowest BCUT2D eigenvalue weighted by molar-refractivity contribution is -0.126. The number of benzene rings is 1. The van der Waals surface area contributed by atoms with Gasteiger partial charge in [0.2, 0.25) is 5.91 Å². The maximum atomic E-state index is 12.7. The van der Waals surface area contributed by atoms with Crippen LogP contribution in [0, 0.1) is 17.8 Å². The second-order valence-electron chi connectivity index (χ2n) is 10.5. The van der Waals surface area contributed by atoms with E-state index in [0.717, 1.165) is 31.1 Å². The van der Waals surface area contributed by atoms with Crippen LogP contribution in [-0.4, -0.2) is 56.0 Å². The zero-order valence-electron chi connectivity index (χ0n) is 19.8. The largest absolute Gasteiger partial charge is 0.370 e. The summed E-state index contributed by atoms with van der Waals surface area (Å²) in [6.45, 7) is 2.10. The van der Waals surface area contributed by atoms with Gasteiger partial charge >= 0.3 is 0 Å². The second-order valence-corrected chi connectivity index (χ2v) is 10.5. The van der Waals surface area contributed by atoms with Gasteiger partial charge in [-0.3, -0.25) is 9.59 Å². The molecule has 1 aromatic rings. The highest BCUT2D eigenvalue weighted by molar-refractivity contribution is 6.06. The van der Waals surface area contributed by atoms with Gasteiger partial charge in [-0.15, -0.1) is 0 Å². The van der Waals surface area contributed by atoms with Gasteiger partial charge in [0.15, 0.2) is 0 Å². The van der Waals surface area contributed by atoms with E-state index in [1.54, 1.807) is 0 Å². The Morgan fingerprint density at radius 2 is 1.88 bits per heavy atom. The Bertz CT molecular complexity index is 951. The summed E-state index contributed by atoms with van der Waals surface area (Å²) in [5.74, 6) is 1.65. The number of amides is 2. The average molecular weight is 449 g/mol. The summed E-state index contributed by atoms with van der Waals surface area (Å²) < 4.78 is 0. The Morgan fingerprint density at radius 3 is 2.48 bits per heavy atom. The van der Waals surface area contributed by atoms with E-state index in [1.165, 1.54) is 31.4 Å². The van der Waals surface area contributed by atoms with E-state index in [2.05, 4.69) is 46.7 Å². The highest BCUT2D eigenvalue weighted by Gasteiger charge is 2.43. The third-order valence-electron chi connectivity index (χ3n) is 8.15. The number of rotatable bonds is 6. The Hall–Kier alpha value is -2.60. The van der Waals surface area contributed by atoms with Gasteiger partial charge in [0.05, 0.1) is 6.04 Å². The maximum Gasteiger partial charge on any atom is 0.255 e. The first-order chi connectivity index (χ1) is 16.0. The van der Waals surface area contributed by atoms with Crippen LogP contribution < -0.4 is 15.5 Å². The fraction of sp³-hybridized carbons (Fsp3) is 0.556. The number of hydrogen-bond donors (Lipinski definition) is 2. The van der Waals surface area contributed by atoms with Gasteiger partial charge in [-0.1, -0.05) is 24.6 Å². The molecule has 1 heterocycles. The molecule has 5 unspecified atom stereocenters. The molecule has 2 N–H and O–H groups in total. The first-order valence-corrected chi connectivity index (χ1v) is 12.5. The fourth-order valence-corrected chi connectivity index (χ4v) is 6.11. The van der Waals surface area contributed by atoms with Crippen molar-refractivity contribution in [2.75, 3.05) is 37.4 Å². The molecule has 1 aromatic carbocycles. The van der Waals surface area contributed by atoms with E-state index in [9.17, 15) is 9.59 Å². The molecule has 2 saturated carbocycles. The molecule has 6 nitrogen and oxygen atoms in total. The zero-order chi connectivity index (χ0) is 22.9. The predicted octanol–water partition coefficient (Wildman–Crippen LogP) is 3.57. The number of likely N-dealkylation sites (N-methyl/N-ethyl adjacent to an activating group) is 1. The quantitative estimate of drug-likeness (QED) is 0.698. The minimum absolute atomic E-state index is 0.0149. The van der Waals surface area contributed by atoms with Crippen molar-refractivity contribution in [2.24, 2.45) is 17.8 Å². The van der Waals surface area contributed by atoms with Crippen molar-refractivity contribution in [3.8, 4) is 0 Å². The van der Waals surface area contributed by atoms with Crippen molar-refractivity contribution in [3.63, 3.8) is 0 Å². The first kappa shape index (κ1) is 22.2. The van der Waals surface area contributed by atoms with E-state index < -0.39 is 0 Å². The minimum Gasteiger partial charge on any atom is -0.370 e. The molecule has 1 saturated heterocycles. The number of nitrogens with zero attached hydrogens (tertiary/aromatic N) is 2. The van der Waals surface area contributed by atoms with Gasteiger partial charge in [-0.25, -0.2) is 0 Å². The van der Waals surface area contributed by atoms with E-state index in [4.69, 9.17) is 0 Å². The molecule has 3 aliphatic carbocycles. The molecule has 6 heteroatoms. The molecular formula is C27H36N4O2. The van der Waals surface area contributed by atoms with Crippen LogP contribution in [0.3, 0.4) is 0 Å². The predicted molar refractivity (Wildman–Crippen MR) is 132 cm³/mol. The Balaban J connectivity index is 1.10. The maximum absolute atomic E-state index is 12.7. The summed E-state index contributed by atoms with van der Waals surface area (Å²) in [7, 11) is 4.27. The van der Waals surface area contributed by atoms with Crippen molar-refractivity contribution in [1.29, 1.82) is 0 Å². The molecule has 1 aliphatic heterocycles. The molecule has 2 bridgehead atoms. The number of nitrogens with one attached hydrogen (secondary N) is 2. The molecule has 0 spiro atoms. The summed E-state index contributed by atoms with van der Waals surface area (Å²) in [5, 5.41) is 6.19. The van der Waals surface area contributed by atoms with Crippen LogP contribution >= 0.6 is 0 Å². The van der Waals surface area contributed by atoms with Gasteiger partial charge in [0.1, 0.15) is 0 Å². The topological polar surface area (TPSA) is 64.7 Å². The monoisotopic (exact) mass is 448 g/mol. The highest BCUT2D eigenvalue weighted by atomic mass is 16.2. The van der Waals surface area contributed by atoms with E-state index in [0.29, 0.717) is 24.0 Å². The van der Waals surface area contributed by atoms with Crippen LogP contribution in [-0.2, 0) is 9.59 Å². The third-order valence-corrected chi connectivity index (χ3v) is 8.15. The van der Waals surface area contributed by atoms with Gasteiger partial charge in [-0.05, 0) is 82.3 Å². The summed E-state index contributed by atoms with van der Waals surface area (Å²) in [6.07, 6.45) is 12.4. The molecule has 5 rings (SSSR count). The Kier molecular flexibility index (Phi) is 6.28. The van der Waals surface area contributed by atoms with Crippen molar-refractivity contribution in [1.82, 2.24) is 10.2 Å². The van der Waals surface area contributed by atoms with Crippen LogP contribution in [0.5, 0.6) is 0 Å². The summed E-state index contributed by atoms with van der Waals surface area (Å²) >= 11 is 0. The van der Waals surface area contributed by atoms with Gasteiger partial charge < -0.3 is 20.4 Å². The molecule has 4 aliphatic rings. The minimum atomic E-state index is -0.106. The van der Waals surface area contributed by atoms with Crippen molar-refractivity contribution in [2.45, 2.75) is 50.6 Å². The van der Waals surface area contributed by atoms with Crippen LogP contribution in [0.1, 0.15) is 38.5 Å². The third kappa shape index (κ3) is 4.86. The number of hydrogen-bond acceptors (Lipinski definition) is 4. The van der Waals surface area contributed by atoms with E-state index in [-0.39, 0.29) is 23.8 Å². The molecular weight excluding hydrogens is 412 g/mol. The molecule has 176 valence electrons. The number of anilines is 2. The van der Waals surface area contributed by atoms with E-state index in [1.807, 2.05) is 30.4 Å². The first-order valence-electron chi connectivity index (χ1n) is 12.5. The Morgan fingerprint density at radius 1 is 1.06 bits per heavy atom. The molecule has 33 heavy (non-hydrogen) atoms. The van der Waals surface area contributed by atoms with Crippen LogP contribution in [0.4, 0.5) is 11.4 Å². The average Bonchev–Trinajstić information content (AvgIpc) is 3.57. The van der Waals surface area contributed by atoms with Crippen molar-refractivity contribution in [3.05, 3.63) is 48.1 Å². The van der Waals surface area contributed by atoms with Crippen LogP contribution in [0.15, 0.2) is 48.1 Å². The lowest BCUT2D eigenvalue weighted by atomic mass is 9.88. The smallest absolute Gasteiger partial charge is 0.255 e. The lowest BCUT2D eigenvalue weighted by Crippen LogP contribution is -2.40. The highest BCUT2D eigenvalue weighted by Crippen LogP contribution is 2.48. The number of carbonyl (C=O) groups excluding carboxylic acids is 2. The molecule has 0 radical (unpaired) electrons. The molecule has 3 fully saturated rings. The van der Waals surface area contributed by atoms with Gasteiger partial charge in [0, 0.05) is 42.0 Å². The van der Waals surface area contributed by atoms with Crippen molar-refractivity contribution < 1.29 is 9.59 Å². The summed E-state index contributed by atoms with van der Waals surface area (Å²) in [4.78, 5) is 30.1. The SMILES string of the molecule is CN(C)C1CCN(c2ccc(NC(=O)C3=CCC(NC(=O)C4CC5CCC4C5)C=C3)cc2)C1. The molecule has 0 aromatic heterocycles. The number of carbonyl (C=O) groups is 2. The zero-order valence-corrected chi connectivity index (χ0v) is 19.8. The second kappa shape index (κ2) is 9.34. The van der Waals surface area contributed by atoms with Crippen molar-refractivity contribution >= 4 is 23.2 Å². The Labute approximate surface area is 197 Å². The van der Waals surface area contributed by atoms with E-state index >= 15 is 0 Å². The normalized spacial score (nSPS) is 30.6. The van der Waals surface area contributed by atoms with Crippen LogP contribution in [0.25, 0.3) is 0 Å². The molecule has 5 atom stereocenters. The lowest BCUT2D eigenvalue weighted by Gasteiger charge is -2.24. The fourth-order valence-electron chi connectivity index (χ4n) is 6.11. The standard InChI is InChI=1S/C27H36N4O2/c1-30(2)24-13-14-31(17-24)23-11-9-22(10-12-23)28-26(32)19-5-7-21(8-6-19)29-27(33)25-16-18-3-4-20(25)15-18/h5-7,9-12,18,20-21,24-25H,3-4,8,13-17H2,1-2H3,(H,28,32)(H,29,33).